The van der Waals surface area contributed by atoms with Crippen molar-refractivity contribution in [3.63, 3.8) is 0 Å². The minimum absolute atomic E-state index is 0.793. The molecule has 1 aliphatic heterocycles. The number of unbranched alkanes of at least 4 members (excludes halogenated alkanes) is 1. The van der Waals surface area contributed by atoms with Gasteiger partial charge in [0.1, 0.15) is 5.82 Å². The van der Waals surface area contributed by atoms with E-state index in [2.05, 4.69) is 53.7 Å². The molecule has 0 spiro atoms. The number of nitrogens with zero attached hydrogens (tertiary/aromatic N) is 4. The Morgan fingerprint density at radius 1 is 1.42 bits per heavy atom. The summed E-state index contributed by atoms with van der Waals surface area (Å²) in [5, 5.41) is 3.47. The number of hydrogen-bond donors (Lipinski definition) is 1. The van der Waals surface area contributed by atoms with Crippen molar-refractivity contribution in [3.8, 4) is 0 Å². The van der Waals surface area contributed by atoms with Crippen LogP contribution in [0.15, 0.2) is 17.4 Å². The van der Waals surface area contributed by atoms with Gasteiger partial charge in [0.05, 0.1) is 0 Å². The van der Waals surface area contributed by atoms with Gasteiger partial charge in [-0.2, -0.15) is 0 Å². The summed E-state index contributed by atoms with van der Waals surface area (Å²) in [7, 11) is 0. The molecule has 5 heteroatoms. The lowest BCUT2D eigenvalue weighted by atomic mass is 9.97. The minimum atomic E-state index is 0.793. The smallest absolute Gasteiger partial charge is 0.193 e. The molecular weight excluding hydrogens is 298 g/mol. The second-order valence-electron chi connectivity index (χ2n) is 7.34. The summed E-state index contributed by atoms with van der Waals surface area (Å²) in [6, 6.07) is 0. The van der Waals surface area contributed by atoms with Crippen LogP contribution in [0.2, 0.25) is 0 Å². The largest absolute Gasteiger partial charge is 0.357 e. The number of hydrogen-bond acceptors (Lipinski definition) is 2. The van der Waals surface area contributed by atoms with E-state index in [1.54, 1.807) is 0 Å². The quantitative estimate of drug-likeness (QED) is 0.451. The highest BCUT2D eigenvalue weighted by Gasteiger charge is 2.25. The standard InChI is InChI=1S/C19H35N5/c1-5-20-19(24-12-8-18(15-24)14-16(2)3)22-9-6-7-11-23-13-10-21-17(23)4/h10,13,16,18H,5-9,11-12,14-15H2,1-4H3,(H,20,22). The summed E-state index contributed by atoms with van der Waals surface area (Å²) in [5.74, 6) is 3.84. The molecule has 0 radical (unpaired) electrons. The molecule has 1 aromatic heterocycles. The third kappa shape index (κ3) is 5.84. The second kappa shape index (κ2) is 9.70. The lowest BCUT2D eigenvalue weighted by molar-refractivity contribution is 0.403. The number of likely N-dealkylation sites (tertiary alicyclic amines) is 1. The number of aromatic nitrogens is 2. The molecule has 1 aliphatic rings. The van der Waals surface area contributed by atoms with E-state index in [0.29, 0.717) is 0 Å². The Balaban J connectivity index is 1.75. The molecule has 0 amide bonds. The average molecular weight is 334 g/mol. The molecular formula is C19H35N5. The Kier molecular flexibility index (Phi) is 7.60. The number of aliphatic imine (C=N–C) groups is 1. The maximum absolute atomic E-state index is 4.86. The SMILES string of the molecule is CCNC(=NCCCCn1ccnc1C)N1CCC(CC(C)C)C1. The molecule has 2 heterocycles. The van der Waals surface area contributed by atoms with Crippen LogP contribution in [0.5, 0.6) is 0 Å². The number of nitrogens with one attached hydrogen (secondary N) is 1. The van der Waals surface area contributed by atoms with E-state index in [9.17, 15) is 0 Å². The van der Waals surface area contributed by atoms with Crippen LogP contribution in [0, 0.1) is 18.8 Å². The molecule has 136 valence electrons. The fraction of sp³-hybridized carbons (Fsp3) is 0.789. The third-order valence-corrected chi connectivity index (χ3v) is 4.72. The molecule has 0 aromatic carbocycles. The van der Waals surface area contributed by atoms with Crippen molar-refractivity contribution in [1.29, 1.82) is 0 Å². The Hall–Kier alpha value is -1.52. The van der Waals surface area contributed by atoms with Gasteiger partial charge in [-0.3, -0.25) is 4.99 Å². The van der Waals surface area contributed by atoms with E-state index in [0.717, 1.165) is 69.2 Å². The Bertz CT molecular complexity index is 506. The van der Waals surface area contributed by atoms with Gasteiger partial charge in [0, 0.05) is 45.1 Å². The monoisotopic (exact) mass is 333 g/mol. The summed E-state index contributed by atoms with van der Waals surface area (Å²) in [4.78, 5) is 11.6. The van der Waals surface area contributed by atoms with Crippen LogP contribution in [-0.4, -0.2) is 46.6 Å². The first-order valence-corrected chi connectivity index (χ1v) is 9.61. The van der Waals surface area contributed by atoms with Crippen LogP contribution >= 0.6 is 0 Å². The second-order valence-corrected chi connectivity index (χ2v) is 7.34. The predicted molar refractivity (Wildman–Crippen MR) is 101 cm³/mol. The number of rotatable bonds is 8. The first kappa shape index (κ1) is 18.8. The van der Waals surface area contributed by atoms with Gasteiger partial charge in [0.15, 0.2) is 5.96 Å². The first-order valence-electron chi connectivity index (χ1n) is 9.61. The van der Waals surface area contributed by atoms with E-state index < -0.39 is 0 Å². The van der Waals surface area contributed by atoms with Gasteiger partial charge < -0.3 is 14.8 Å². The summed E-state index contributed by atoms with van der Waals surface area (Å²) in [5.41, 5.74) is 0. The van der Waals surface area contributed by atoms with Crippen molar-refractivity contribution in [3.05, 3.63) is 18.2 Å². The summed E-state index contributed by atoms with van der Waals surface area (Å²) >= 11 is 0. The lowest BCUT2D eigenvalue weighted by Crippen LogP contribution is -2.40. The lowest BCUT2D eigenvalue weighted by Gasteiger charge is -2.22. The number of guanidine groups is 1. The minimum Gasteiger partial charge on any atom is -0.357 e. The Morgan fingerprint density at radius 2 is 2.25 bits per heavy atom. The highest BCUT2D eigenvalue weighted by atomic mass is 15.3. The molecule has 0 aliphatic carbocycles. The molecule has 2 rings (SSSR count). The maximum Gasteiger partial charge on any atom is 0.193 e. The molecule has 1 atom stereocenters. The summed E-state index contributed by atoms with van der Waals surface area (Å²) in [6.07, 6.45) is 8.84. The zero-order chi connectivity index (χ0) is 17.4. The van der Waals surface area contributed by atoms with Crippen LogP contribution in [0.1, 0.15) is 52.3 Å². The molecule has 0 bridgehead atoms. The van der Waals surface area contributed by atoms with Gasteiger partial charge in [-0.1, -0.05) is 13.8 Å². The van der Waals surface area contributed by atoms with Gasteiger partial charge >= 0.3 is 0 Å². The molecule has 1 saturated heterocycles. The third-order valence-electron chi connectivity index (χ3n) is 4.72. The van der Waals surface area contributed by atoms with E-state index in [4.69, 9.17) is 4.99 Å². The number of imidazole rings is 1. The molecule has 1 unspecified atom stereocenters. The van der Waals surface area contributed by atoms with Crippen LogP contribution in [-0.2, 0) is 6.54 Å². The van der Waals surface area contributed by atoms with Crippen LogP contribution < -0.4 is 5.32 Å². The molecule has 0 saturated carbocycles. The van der Waals surface area contributed by atoms with Gasteiger partial charge in [-0.25, -0.2) is 4.98 Å². The van der Waals surface area contributed by atoms with E-state index in [1.807, 2.05) is 6.20 Å². The van der Waals surface area contributed by atoms with Gasteiger partial charge in [-0.15, -0.1) is 0 Å². The normalized spacial score (nSPS) is 18.6. The molecule has 1 aromatic rings. The molecule has 5 nitrogen and oxygen atoms in total. The molecule has 1 N–H and O–H groups in total. The summed E-state index contributed by atoms with van der Waals surface area (Å²) in [6.45, 7) is 14.1. The predicted octanol–water partition coefficient (Wildman–Crippen LogP) is 3.31. The molecule has 24 heavy (non-hydrogen) atoms. The van der Waals surface area contributed by atoms with Crippen molar-refractivity contribution >= 4 is 5.96 Å². The Morgan fingerprint density at radius 3 is 2.92 bits per heavy atom. The fourth-order valence-electron chi connectivity index (χ4n) is 3.53. The Labute approximate surface area is 147 Å². The zero-order valence-electron chi connectivity index (χ0n) is 16.0. The van der Waals surface area contributed by atoms with Crippen LogP contribution in [0.25, 0.3) is 0 Å². The van der Waals surface area contributed by atoms with Gasteiger partial charge in [-0.05, 0) is 51.4 Å². The van der Waals surface area contributed by atoms with Crippen molar-refractivity contribution in [2.45, 2.75) is 59.9 Å². The van der Waals surface area contributed by atoms with Gasteiger partial charge in [0.2, 0.25) is 0 Å². The first-order chi connectivity index (χ1) is 11.6. The van der Waals surface area contributed by atoms with E-state index >= 15 is 0 Å². The highest BCUT2D eigenvalue weighted by molar-refractivity contribution is 5.80. The van der Waals surface area contributed by atoms with Crippen LogP contribution in [0.3, 0.4) is 0 Å². The van der Waals surface area contributed by atoms with Crippen molar-refractivity contribution in [1.82, 2.24) is 19.8 Å². The molecule has 1 fully saturated rings. The van der Waals surface area contributed by atoms with Gasteiger partial charge in [0.25, 0.3) is 0 Å². The highest BCUT2D eigenvalue weighted by Crippen LogP contribution is 2.23. The van der Waals surface area contributed by atoms with E-state index in [1.165, 1.54) is 12.8 Å². The fourth-order valence-corrected chi connectivity index (χ4v) is 3.53. The zero-order valence-corrected chi connectivity index (χ0v) is 16.0. The van der Waals surface area contributed by atoms with Crippen molar-refractivity contribution in [2.75, 3.05) is 26.2 Å². The summed E-state index contributed by atoms with van der Waals surface area (Å²) < 4.78 is 2.21. The van der Waals surface area contributed by atoms with Crippen molar-refractivity contribution < 1.29 is 0 Å². The maximum atomic E-state index is 4.86. The van der Waals surface area contributed by atoms with Crippen LogP contribution in [0.4, 0.5) is 0 Å². The topological polar surface area (TPSA) is 45.5 Å². The number of aryl methyl sites for hydroxylation is 2. The van der Waals surface area contributed by atoms with E-state index in [-0.39, 0.29) is 0 Å². The average Bonchev–Trinajstić information content (AvgIpc) is 3.15. The van der Waals surface area contributed by atoms with Crippen molar-refractivity contribution in [2.24, 2.45) is 16.8 Å².